The van der Waals surface area contributed by atoms with Crippen molar-refractivity contribution in [3.05, 3.63) is 53.6 Å². The van der Waals surface area contributed by atoms with Gasteiger partial charge in [-0.2, -0.15) is 0 Å². The van der Waals surface area contributed by atoms with Crippen LogP contribution in [0, 0.1) is 11.8 Å². The highest BCUT2D eigenvalue weighted by Crippen LogP contribution is 2.34. The van der Waals surface area contributed by atoms with Crippen molar-refractivity contribution >= 4 is 27.6 Å². The lowest BCUT2D eigenvalue weighted by Gasteiger charge is -2.33. The van der Waals surface area contributed by atoms with Gasteiger partial charge in [-0.1, -0.05) is 25.0 Å². The van der Waals surface area contributed by atoms with Gasteiger partial charge in [-0.25, -0.2) is 17.5 Å². The van der Waals surface area contributed by atoms with Crippen LogP contribution in [0.2, 0.25) is 0 Å². The fourth-order valence-corrected chi connectivity index (χ4v) is 4.61. The molecule has 8 nitrogen and oxygen atoms in total. The number of methoxy groups -OCH3 is 1. The SMILES string of the molecule is CCC#CCN1C(=O)N(C)c2ccc(C(=O)NCc3ccc(OC)cc3)cc2S1(=O)=O. The van der Waals surface area contributed by atoms with E-state index in [1.165, 1.54) is 30.1 Å². The molecule has 9 heteroatoms. The van der Waals surface area contributed by atoms with Gasteiger partial charge >= 0.3 is 6.03 Å². The van der Waals surface area contributed by atoms with Crippen LogP contribution in [0.5, 0.6) is 5.75 Å². The quantitative estimate of drug-likeness (QED) is 0.720. The minimum Gasteiger partial charge on any atom is -0.497 e. The first-order chi connectivity index (χ1) is 14.8. The van der Waals surface area contributed by atoms with E-state index in [0.717, 1.165) is 9.87 Å². The molecule has 3 amide bonds. The number of anilines is 1. The Labute approximate surface area is 181 Å². The van der Waals surface area contributed by atoms with E-state index in [4.69, 9.17) is 4.74 Å². The second-order valence-electron chi connectivity index (χ2n) is 6.77. The molecule has 3 rings (SSSR count). The zero-order valence-corrected chi connectivity index (χ0v) is 18.3. The molecule has 0 atom stereocenters. The van der Waals surface area contributed by atoms with Crippen LogP contribution in [-0.2, 0) is 16.6 Å². The van der Waals surface area contributed by atoms with Crippen LogP contribution in [-0.4, -0.2) is 45.4 Å². The van der Waals surface area contributed by atoms with Gasteiger partial charge in [-0.15, -0.1) is 5.92 Å². The third-order valence-corrected chi connectivity index (χ3v) is 6.54. The van der Waals surface area contributed by atoms with Crippen molar-refractivity contribution in [3.63, 3.8) is 0 Å². The smallest absolute Gasteiger partial charge is 0.339 e. The Hall–Kier alpha value is -3.51. The van der Waals surface area contributed by atoms with Gasteiger partial charge in [0.15, 0.2) is 0 Å². The maximum atomic E-state index is 13.0. The number of urea groups is 1. The summed E-state index contributed by atoms with van der Waals surface area (Å²) in [5, 5.41) is 2.77. The normalized spacial score (nSPS) is 14.4. The monoisotopic (exact) mass is 441 g/mol. The summed E-state index contributed by atoms with van der Waals surface area (Å²) in [7, 11) is -1.07. The lowest BCUT2D eigenvalue weighted by Crippen LogP contribution is -2.49. The van der Waals surface area contributed by atoms with Crippen molar-refractivity contribution in [1.82, 2.24) is 9.62 Å². The van der Waals surface area contributed by atoms with E-state index in [-0.39, 0.29) is 29.2 Å². The topological polar surface area (TPSA) is 96.0 Å². The summed E-state index contributed by atoms with van der Waals surface area (Å²) < 4.78 is 31.9. The Kier molecular flexibility index (Phi) is 6.51. The lowest BCUT2D eigenvalue weighted by atomic mass is 10.1. The number of nitrogens with zero attached hydrogens (tertiary/aromatic N) is 2. The number of benzene rings is 2. The number of ether oxygens (including phenoxy) is 1. The lowest BCUT2D eigenvalue weighted by molar-refractivity contribution is 0.0950. The summed E-state index contributed by atoms with van der Waals surface area (Å²) in [5.41, 5.74) is 1.26. The van der Waals surface area contributed by atoms with Crippen molar-refractivity contribution in [2.24, 2.45) is 0 Å². The summed E-state index contributed by atoms with van der Waals surface area (Å²) in [5.74, 6) is 5.73. The highest BCUT2D eigenvalue weighted by Gasteiger charge is 2.40. The van der Waals surface area contributed by atoms with E-state index in [1.807, 2.05) is 19.1 Å². The molecule has 162 valence electrons. The highest BCUT2D eigenvalue weighted by molar-refractivity contribution is 7.90. The van der Waals surface area contributed by atoms with E-state index in [2.05, 4.69) is 17.2 Å². The van der Waals surface area contributed by atoms with E-state index in [9.17, 15) is 18.0 Å². The molecule has 2 aromatic rings. The third kappa shape index (κ3) is 4.49. The molecule has 1 aliphatic heterocycles. The van der Waals surface area contributed by atoms with Gasteiger partial charge in [-0.05, 0) is 35.9 Å². The number of hydrogen-bond donors (Lipinski definition) is 1. The molecule has 0 aromatic heterocycles. The van der Waals surface area contributed by atoms with Crippen LogP contribution in [0.4, 0.5) is 10.5 Å². The summed E-state index contributed by atoms with van der Waals surface area (Å²) >= 11 is 0. The van der Waals surface area contributed by atoms with Crippen molar-refractivity contribution in [1.29, 1.82) is 0 Å². The van der Waals surface area contributed by atoms with Crippen molar-refractivity contribution in [2.75, 3.05) is 25.6 Å². The summed E-state index contributed by atoms with van der Waals surface area (Å²) in [6, 6.07) is 10.8. The fourth-order valence-electron chi connectivity index (χ4n) is 3.06. The van der Waals surface area contributed by atoms with Gasteiger partial charge in [0.25, 0.3) is 15.9 Å². The Morgan fingerprint density at radius 2 is 1.84 bits per heavy atom. The average Bonchev–Trinajstić information content (AvgIpc) is 2.78. The van der Waals surface area contributed by atoms with Crippen LogP contribution in [0.3, 0.4) is 0 Å². The highest BCUT2D eigenvalue weighted by atomic mass is 32.2. The zero-order chi connectivity index (χ0) is 22.6. The summed E-state index contributed by atoms with van der Waals surface area (Å²) in [6.45, 7) is 1.86. The molecule has 0 spiro atoms. The first-order valence-corrected chi connectivity index (χ1v) is 11.0. The number of rotatable bonds is 5. The summed E-state index contributed by atoms with van der Waals surface area (Å²) in [6.07, 6.45) is 0.549. The van der Waals surface area contributed by atoms with Gasteiger partial charge in [-0.3, -0.25) is 9.69 Å². The van der Waals surface area contributed by atoms with Gasteiger partial charge in [0.2, 0.25) is 0 Å². The maximum Gasteiger partial charge on any atom is 0.339 e. The first kappa shape index (κ1) is 22.2. The molecule has 0 bridgehead atoms. The molecule has 2 aromatic carbocycles. The Bertz CT molecular complexity index is 1160. The Morgan fingerprint density at radius 3 is 2.48 bits per heavy atom. The second kappa shape index (κ2) is 9.10. The van der Waals surface area contributed by atoms with E-state index in [1.54, 1.807) is 19.2 Å². The molecular formula is C22H23N3O5S. The Balaban J connectivity index is 1.85. The Morgan fingerprint density at radius 1 is 1.13 bits per heavy atom. The van der Waals surface area contributed by atoms with Gasteiger partial charge < -0.3 is 10.1 Å². The minimum absolute atomic E-state index is 0.106. The second-order valence-corrected chi connectivity index (χ2v) is 8.60. The van der Waals surface area contributed by atoms with E-state index in [0.29, 0.717) is 12.2 Å². The predicted octanol–water partition coefficient (Wildman–Crippen LogP) is 2.60. The minimum atomic E-state index is -4.13. The molecule has 0 radical (unpaired) electrons. The largest absolute Gasteiger partial charge is 0.497 e. The number of fused-ring (bicyclic) bond motifs is 1. The number of hydrogen-bond acceptors (Lipinski definition) is 5. The molecule has 0 aliphatic carbocycles. The number of carbonyl (C=O) groups is 2. The molecule has 0 saturated carbocycles. The van der Waals surface area contributed by atoms with Crippen LogP contribution in [0.1, 0.15) is 29.3 Å². The van der Waals surface area contributed by atoms with Crippen molar-refractivity contribution < 1.29 is 22.7 Å². The van der Waals surface area contributed by atoms with Crippen molar-refractivity contribution in [2.45, 2.75) is 24.8 Å². The van der Waals surface area contributed by atoms with Crippen molar-refractivity contribution in [3.8, 4) is 17.6 Å². The molecule has 31 heavy (non-hydrogen) atoms. The maximum absolute atomic E-state index is 13.0. The van der Waals surface area contributed by atoms with E-state index < -0.39 is 22.0 Å². The molecule has 1 heterocycles. The first-order valence-electron chi connectivity index (χ1n) is 9.61. The third-order valence-electron chi connectivity index (χ3n) is 4.79. The number of nitrogens with one attached hydrogen (secondary N) is 1. The van der Waals surface area contributed by atoms with Crippen LogP contribution in [0.15, 0.2) is 47.4 Å². The predicted molar refractivity (Wildman–Crippen MR) is 116 cm³/mol. The standard InChI is InChI=1S/C22H23N3O5S/c1-4-5-6-13-25-22(27)24(2)19-12-9-17(14-20(19)31(25,28)29)21(26)23-15-16-7-10-18(30-3)11-8-16/h7-12,14H,4,13,15H2,1-3H3,(H,23,26). The number of carbonyl (C=O) groups excluding carboxylic acids is 2. The van der Waals surface area contributed by atoms with Gasteiger partial charge in [0.05, 0.1) is 19.3 Å². The van der Waals surface area contributed by atoms with Gasteiger partial charge in [0.1, 0.15) is 10.6 Å². The average molecular weight is 442 g/mol. The molecule has 0 unspecified atom stereocenters. The molecular weight excluding hydrogens is 418 g/mol. The fraction of sp³-hybridized carbons (Fsp3) is 0.273. The zero-order valence-electron chi connectivity index (χ0n) is 17.5. The summed E-state index contributed by atoms with van der Waals surface area (Å²) in [4.78, 5) is 26.3. The van der Waals surface area contributed by atoms with Crippen LogP contribution < -0.4 is 15.0 Å². The molecule has 0 fully saturated rings. The van der Waals surface area contributed by atoms with Crippen LogP contribution in [0.25, 0.3) is 0 Å². The molecule has 0 saturated heterocycles. The molecule has 1 aliphatic rings. The van der Waals surface area contributed by atoms with Gasteiger partial charge in [0, 0.05) is 25.6 Å². The molecule has 1 N–H and O–H groups in total. The number of amides is 3. The van der Waals surface area contributed by atoms with Crippen LogP contribution >= 0.6 is 0 Å². The number of sulfonamides is 1. The van der Waals surface area contributed by atoms with E-state index >= 15 is 0 Å².